The number of carbonyl (C=O) groups is 1. The largest absolute Gasteiger partial charge is 0.338 e. The molecule has 0 radical (unpaired) electrons. The number of hydrogen-bond acceptors (Lipinski definition) is 5. The Bertz CT molecular complexity index is 665. The molecule has 0 N–H and O–H groups in total. The second-order valence-electron chi connectivity index (χ2n) is 6.36. The fourth-order valence-electron chi connectivity index (χ4n) is 3.21. The van der Waals surface area contributed by atoms with Crippen LogP contribution in [-0.2, 0) is 6.42 Å². The summed E-state index contributed by atoms with van der Waals surface area (Å²) < 4.78 is 0. The van der Waals surface area contributed by atoms with Crippen molar-refractivity contribution in [2.75, 3.05) is 26.7 Å². The average Bonchev–Trinajstić information content (AvgIpc) is 3.05. The Hall–Kier alpha value is -1.79. The molecule has 24 heavy (non-hydrogen) atoms. The summed E-state index contributed by atoms with van der Waals surface area (Å²) in [4.78, 5) is 26.6. The van der Waals surface area contributed by atoms with E-state index in [0.29, 0.717) is 11.6 Å². The van der Waals surface area contributed by atoms with Crippen molar-refractivity contribution in [1.82, 2.24) is 19.8 Å². The first-order chi connectivity index (χ1) is 11.6. The molecule has 1 amide bonds. The van der Waals surface area contributed by atoms with E-state index in [0.717, 1.165) is 44.6 Å². The summed E-state index contributed by atoms with van der Waals surface area (Å²) in [7, 11) is 2.19. The number of nitrogens with zero attached hydrogens (tertiary/aromatic N) is 4. The van der Waals surface area contributed by atoms with Crippen molar-refractivity contribution >= 4 is 17.2 Å². The smallest absolute Gasteiger partial charge is 0.255 e. The maximum absolute atomic E-state index is 12.5. The van der Waals surface area contributed by atoms with Gasteiger partial charge in [-0.15, -0.1) is 11.3 Å². The normalized spacial score (nSPS) is 15.9. The quantitative estimate of drug-likeness (QED) is 0.837. The monoisotopic (exact) mass is 344 g/mol. The van der Waals surface area contributed by atoms with Gasteiger partial charge in [0.1, 0.15) is 0 Å². The van der Waals surface area contributed by atoms with Crippen LogP contribution in [0, 0.1) is 6.92 Å². The third kappa shape index (κ3) is 3.99. The van der Waals surface area contributed by atoms with Gasteiger partial charge in [0.2, 0.25) is 0 Å². The van der Waals surface area contributed by atoms with Crippen LogP contribution in [0.3, 0.4) is 0 Å². The Morgan fingerprint density at radius 1 is 1.42 bits per heavy atom. The van der Waals surface area contributed by atoms with E-state index in [1.54, 1.807) is 23.7 Å². The Labute approximate surface area is 147 Å². The molecule has 2 aromatic heterocycles. The van der Waals surface area contributed by atoms with Crippen molar-refractivity contribution < 1.29 is 4.79 Å². The van der Waals surface area contributed by atoms with E-state index in [-0.39, 0.29) is 5.91 Å². The number of amides is 1. The number of thiazole rings is 1. The molecule has 3 heterocycles. The minimum atomic E-state index is 0.101. The van der Waals surface area contributed by atoms with Gasteiger partial charge in [-0.05, 0) is 45.4 Å². The number of piperidine rings is 1. The summed E-state index contributed by atoms with van der Waals surface area (Å²) in [6, 6.07) is 4.20. The molecular weight excluding hydrogens is 320 g/mol. The lowest BCUT2D eigenvalue weighted by Gasteiger charge is -2.36. The Morgan fingerprint density at radius 3 is 2.83 bits per heavy atom. The van der Waals surface area contributed by atoms with Crippen LogP contribution in [0.25, 0.3) is 0 Å². The van der Waals surface area contributed by atoms with Gasteiger partial charge in [0, 0.05) is 42.9 Å². The summed E-state index contributed by atoms with van der Waals surface area (Å²) in [5.74, 6) is 0.101. The fraction of sp³-hybridized carbons (Fsp3) is 0.500. The zero-order valence-electron chi connectivity index (χ0n) is 14.3. The molecule has 0 aliphatic carbocycles. The van der Waals surface area contributed by atoms with Gasteiger partial charge in [-0.3, -0.25) is 9.78 Å². The lowest BCUT2D eigenvalue weighted by molar-refractivity contribution is 0.0646. The summed E-state index contributed by atoms with van der Waals surface area (Å²) in [6.07, 6.45) is 6.47. The van der Waals surface area contributed by atoms with E-state index >= 15 is 0 Å². The van der Waals surface area contributed by atoms with Gasteiger partial charge in [-0.1, -0.05) is 0 Å². The zero-order chi connectivity index (χ0) is 16.9. The Morgan fingerprint density at radius 2 is 2.21 bits per heavy atom. The maximum Gasteiger partial charge on any atom is 0.255 e. The van der Waals surface area contributed by atoms with Crippen LogP contribution in [0.1, 0.15) is 33.8 Å². The number of likely N-dealkylation sites (tertiary alicyclic amines) is 1. The molecule has 2 aromatic rings. The first-order valence-electron chi connectivity index (χ1n) is 8.43. The molecule has 1 fully saturated rings. The van der Waals surface area contributed by atoms with Crippen LogP contribution in [0.2, 0.25) is 0 Å². The van der Waals surface area contributed by atoms with Crippen LogP contribution in [0.4, 0.5) is 0 Å². The van der Waals surface area contributed by atoms with Crippen LogP contribution >= 0.6 is 11.3 Å². The molecule has 0 bridgehead atoms. The lowest BCUT2D eigenvalue weighted by atomic mass is 10.0. The van der Waals surface area contributed by atoms with E-state index in [1.807, 2.05) is 22.5 Å². The molecule has 128 valence electrons. The second-order valence-corrected chi connectivity index (χ2v) is 7.30. The highest BCUT2D eigenvalue weighted by Crippen LogP contribution is 2.19. The van der Waals surface area contributed by atoms with Gasteiger partial charge in [0.15, 0.2) is 0 Å². The molecular formula is C18H24N4OS. The average molecular weight is 344 g/mol. The third-order valence-electron chi connectivity index (χ3n) is 4.82. The Balaban J connectivity index is 1.48. The minimum Gasteiger partial charge on any atom is -0.338 e. The van der Waals surface area contributed by atoms with E-state index in [1.165, 1.54) is 4.88 Å². The summed E-state index contributed by atoms with van der Waals surface area (Å²) >= 11 is 1.74. The predicted octanol–water partition coefficient (Wildman–Crippen LogP) is 2.63. The van der Waals surface area contributed by atoms with Crippen LogP contribution in [0.5, 0.6) is 0 Å². The van der Waals surface area contributed by atoms with Gasteiger partial charge in [-0.2, -0.15) is 0 Å². The summed E-state index contributed by atoms with van der Waals surface area (Å²) in [5.41, 5.74) is 3.77. The number of likely N-dealkylation sites (N-methyl/N-ethyl adjacent to an activating group) is 1. The Kier molecular flexibility index (Phi) is 5.58. The number of pyridine rings is 1. The molecule has 6 heteroatoms. The summed E-state index contributed by atoms with van der Waals surface area (Å²) in [6.45, 7) is 4.77. The number of carbonyl (C=O) groups excluding carboxylic acids is 1. The molecule has 1 aliphatic heterocycles. The van der Waals surface area contributed by atoms with Gasteiger partial charge < -0.3 is 9.80 Å². The molecule has 0 aromatic carbocycles. The second kappa shape index (κ2) is 7.85. The molecule has 0 spiro atoms. The molecule has 1 aliphatic rings. The highest BCUT2D eigenvalue weighted by Gasteiger charge is 2.25. The van der Waals surface area contributed by atoms with Crippen molar-refractivity contribution in [1.29, 1.82) is 0 Å². The first-order valence-corrected chi connectivity index (χ1v) is 9.31. The van der Waals surface area contributed by atoms with Crippen molar-refractivity contribution in [3.05, 3.63) is 46.2 Å². The zero-order valence-corrected chi connectivity index (χ0v) is 15.1. The molecule has 0 atom stereocenters. The van der Waals surface area contributed by atoms with Crippen LogP contribution < -0.4 is 0 Å². The highest BCUT2D eigenvalue weighted by molar-refractivity contribution is 7.09. The molecule has 0 unspecified atom stereocenters. The lowest BCUT2D eigenvalue weighted by Crippen LogP contribution is -2.46. The van der Waals surface area contributed by atoms with E-state index in [2.05, 4.69) is 28.8 Å². The van der Waals surface area contributed by atoms with Crippen molar-refractivity contribution in [2.45, 2.75) is 32.2 Å². The topological polar surface area (TPSA) is 49.3 Å². The van der Waals surface area contributed by atoms with Crippen LogP contribution in [-0.4, -0.2) is 58.4 Å². The van der Waals surface area contributed by atoms with Gasteiger partial charge in [-0.25, -0.2) is 4.98 Å². The molecule has 5 nitrogen and oxygen atoms in total. The van der Waals surface area contributed by atoms with E-state index < -0.39 is 0 Å². The molecule has 1 saturated heterocycles. The third-order valence-corrected chi connectivity index (χ3v) is 5.81. The highest BCUT2D eigenvalue weighted by atomic mass is 32.1. The molecule has 3 rings (SSSR count). The van der Waals surface area contributed by atoms with Gasteiger partial charge >= 0.3 is 0 Å². The maximum atomic E-state index is 12.5. The first kappa shape index (κ1) is 17.0. The van der Waals surface area contributed by atoms with Crippen molar-refractivity contribution in [2.24, 2.45) is 0 Å². The number of hydrogen-bond donors (Lipinski definition) is 0. The molecule has 0 saturated carbocycles. The number of rotatable bonds is 5. The van der Waals surface area contributed by atoms with Crippen molar-refractivity contribution in [3.63, 3.8) is 0 Å². The summed E-state index contributed by atoms with van der Waals surface area (Å²) in [5, 5.41) is 0. The van der Waals surface area contributed by atoms with Crippen LogP contribution in [0.15, 0.2) is 30.0 Å². The van der Waals surface area contributed by atoms with Gasteiger partial charge in [0.05, 0.1) is 16.8 Å². The van der Waals surface area contributed by atoms with Crippen molar-refractivity contribution in [3.8, 4) is 0 Å². The van der Waals surface area contributed by atoms with E-state index in [9.17, 15) is 4.79 Å². The minimum absolute atomic E-state index is 0.101. The number of aromatic nitrogens is 2. The van der Waals surface area contributed by atoms with E-state index in [4.69, 9.17) is 0 Å². The standard InChI is InChI=1S/C18H24N4OS/c1-14-17(24-13-20-14)7-9-21(2)16-5-10-22(11-6-16)18(23)15-4-3-8-19-12-15/h3-4,8,12-13,16H,5-7,9-11H2,1-2H3. The predicted molar refractivity (Wildman–Crippen MR) is 96.3 cm³/mol. The fourth-order valence-corrected chi connectivity index (χ4v) is 3.98. The van der Waals surface area contributed by atoms with Gasteiger partial charge in [0.25, 0.3) is 5.91 Å². The SMILES string of the molecule is Cc1ncsc1CCN(C)C1CCN(C(=O)c2cccnc2)CC1. The number of aryl methyl sites for hydroxylation is 1.